The molecule has 0 radical (unpaired) electrons. The molecule has 0 aliphatic carbocycles. The number of nitrogens with zero attached hydrogens (tertiary/aromatic N) is 1. The minimum Gasteiger partial charge on any atom is -0.350 e. The lowest BCUT2D eigenvalue weighted by atomic mass is 10.1. The molecule has 0 aliphatic rings. The molecule has 0 heterocycles. The first kappa shape index (κ1) is 19.0. The SMILES string of the molecule is CC[C@@H](C)NC(=O)c1ccc(N(C)S(=O)(=O)c2ccc(C)cc2)cc1. The van der Waals surface area contributed by atoms with Crippen LogP contribution in [0.3, 0.4) is 0 Å². The Morgan fingerprint density at radius 3 is 2.16 bits per heavy atom. The van der Waals surface area contributed by atoms with Crippen LogP contribution in [0.2, 0.25) is 0 Å². The Hall–Kier alpha value is -2.34. The normalized spacial score (nSPS) is 12.5. The number of amides is 1. The molecule has 2 aromatic rings. The Labute approximate surface area is 149 Å². The lowest BCUT2D eigenvalue weighted by Crippen LogP contribution is -2.32. The van der Waals surface area contributed by atoms with Crippen molar-refractivity contribution in [3.8, 4) is 0 Å². The summed E-state index contributed by atoms with van der Waals surface area (Å²) >= 11 is 0. The van der Waals surface area contributed by atoms with Crippen molar-refractivity contribution in [1.29, 1.82) is 0 Å². The van der Waals surface area contributed by atoms with Gasteiger partial charge in [-0.2, -0.15) is 0 Å². The Balaban J connectivity index is 2.21. The summed E-state index contributed by atoms with van der Waals surface area (Å²) in [5.41, 5.74) is 2.00. The van der Waals surface area contributed by atoms with Crippen molar-refractivity contribution < 1.29 is 13.2 Å². The van der Waals surface area contributed by atoms with E-state index in [-0.39, 0.29) is 16.8 Å². The van der Waals surface area contributed by atoms with Gasteiger partial charge in [-0.3, -0.25) is 9.10 Å². The molecule has 1 atom stereocenters. The van der Waals surface area contributed by atoms with Gasteiger partial charge in [0.15, 0.2) is 0 Å². The van der Waals surface area contributed by atoms with Crippen LogP contribution in [0.4, 0.5) is 5.69 Å². The zero-order valence-corrected chi connectivity index (χ0v) is 15.8. The first-order chi connectivity index (χ1) is 11.8. The maximum absolute atomic E-state index is 12.7. The van der Waals surface area contributed by atoms with Crippen molar-refractivity contribution in [1.82, 2.24) is 5.32 Å². The third kappa shape index (κ3) is 4.39. The third-order valence-corrected chi connectivity index (χ3v) is 5.96. The van der Waals surface area contributed by atoms with Gasteiger partial charge in [-0.15, -0.1) is 0 Å². The Morgan fingerprint density at radius 1 is 1.08 bits per heavy atom. The highest BCUT2D eigenvalue weighted by molar-refractivity contribution is 7.92. The number of hydrogen-bond donors (Lipinski definition) is 1. The average molecular weight is 360 g/mol. The van der Waals surface area contributed by atoms with E-state index in [2.05, 4.69) is 5.32 Å². The van der Waals surface area contributed by atoms with E-state index in [1.165, 1.54) is 11.4 Å². The third-order valence-electron chi connectivity index (χ3n) is 4.16. The summed E-state index contributed by atoms with van der Waals surface area (Å²) in [4.78, 5) is 12.3. The molecular formula is C19H24N2O3S. The van der Waals surface area contributed by atoms with E-state index < -0.39 is 10.0 Å². The molecule has 2 aromatic carbocycles. The van der Waals surface area contributed by atoms with E-state index in [1.54, 1.807) is 48.5 Å². The van der Waals surface area contributed by atoms with Gasteiger partial charge in [0.05, 0.1) is 10.6 Å². The van der Waals surface area contributed by atoms with Crippen LogP contribution in [0.25, 0.3) is 0 Å². The van der Waals surface area contributed by atoms with Crippen LogP contribution in [-0.2, 0) is 10.0 Å². The van der Waals surface area contributed by atoms with E-state index in [0.29, 0.717) is 11.3 Å². The molecule has 1 N–H and O–H groups in total. The summed E-state index contributed by atoms with van der Waals surface area (Å²) in [5, 5.41) is 2.89. The van der Waals surface area contributed by atoms with Crippen LogP contribution in [-0.4, -0.2) is 27.4 Å². The number of aryl methyl sites for hydroxylation is 1. The van der Waals surface area contributed by atoms with Crippen LogP contribution in [0.1, 0.15) is 36.2 Å². The number of carbonyl (C=O) groups is 1. The number of rotatable bonds is 6. The van der Waals surface area contributed by atoms with Crippen molar-refractivity contribution >= 4 is 21.6 Å². The van der Waals surface area contributed by atoms with Crippen LogP contribution in [0, 0.1) is 6.92 Å². The lowest BCUT2D eigenvalue weighted by Gasteiger charge is -2.20. The van der Waals surface area contributed by atoms with Gasteiger partial charge in [0.2, 0.25) is 0 Å². The number of hydrogen-bond acceptors (Lipinski definition) is 3. The van der Waals surface area contributed by atoms with Crippen LogP contribution in [0.5, 0.6) is 0 Å². The van der Waals surface area contributed by atoms with Crippen molar-refractivity contribution in [2.24, 2.45) is 0 Å². The highest BCUT2D eigenvalue weighted by Gasteiger charge is 2.21. The fourth-order valence-electron chi connectivity index (χ4n) is 2.24. The minimum atomic E-state index is -3.63. The molecule has 0 fully saturated rings. The molecule has 134 valence electrons. The number of carbonyl (C=O) groups excluding carboxylic acids is 1. The Bertz CT molecular complexity index is 828. The summed E-state index contributed by atoms with van der Waals surface area (Å²) in [6.45, 7) is 5.84. The molecule has 0 aromatic heterocycles. The summed E-state index contributed by atoms with van der Waals surface area (Å²) in [6.07, 6.45) is 0.849. The first-order valence-corrected chi connectivity index (χ1v) is 9.66. The Morgan fingerprint density at radius 2 is 1.64 bits per heavy atom. The summed E-state index contributed by atoms with van der Waals surface area (Å²) in [5.74, 6) is -0.162. The van der Waals surface area contributed by atoms with Gasteiger partial charge in [0, 0.05) is 18.7 Å². The fourth-order valence-corrected chi connectivity index (χ4v) is 3.43. The molecule has 5 nitrogen and oxygen atoms in total. The molecule has 0 spiro atoms. The van der Waals surface area contributed by atoms with E-state index in [9.17, 15) is 13.2 Å². The molecule has 0 unspecified atom stereocenters. The topological polar surface area (TPSA) is 66.5 Å². The van der Waals surface area contributed by atoms with E-state index in [1.807, 2.05) is 20.8 Å². The van der Waals surface area contributed by atoms with Gasteiger partial charge in [0.1, 0.15) is 0 Å². The zero-order chi connectivity index (χ0) is 18.6. The van der Waals surface area contributed by atoms with Gasteiger partial charge in [-0.1, -0.05) is 24.6 Å². The van der Waals surface area contributed by atoms with Crippen molar-refractivity contribution in [3.05, 3.63) is 59.7 Å². The minimum absolute atomic E-state index is 0.0942. The van der Waals surface area contributed by atoms with Gasteiger partial charge in [-0.25, -0.2) is 8.42 Å². The standard InChI is InChI=1S/C19H24N2O3S/c1-5-15(3)20-19(22)16-8-10-17(11-9-16)21(4)25(23,24)18-12-6-14(2)7-13-18/h6-13,15H,5H2,1-4H3,(H,20,22)/t15-/m1/s1. The van der Waals surface area contributed by atoms with Crippen molar-refractivity contribution in [2.75, 3.05) is 11.4 Å². The maximum atomic E-state index is 12.7. The molecule has 0 saturated carbocycles. The molecule has 0 bridgehead atoms. The van der Waals surface area contributed by atoms with E-state index >= 15 is 0 Å². The largest absolute Gasteiger partial charge is 0.350 e. The molecule has 0 saturated heterocycles. The highest BCUT2D eigenvalue weighted by atomic mass is 32.2. The van der Waals surface area contributed by atoms with Gasteiger partial charge < -0.3 is 5.32 Å². The average Bonchev–Trinajstić information content (AvgIpc) is 2.61. The maximum Gasteiger partial charge on any atom is 0.264 e. The van der Waals surface area contributed by atoms with Crippen LogP contribution >= 0.6 is 0 Å². The van der Waals surface area contributed by atoms with Crippen LogP contribution in [0.15, 0.2) is 53.4 Å². The summed E-state index contributed by atoms with van der Waals surface area (Å²) < 4.78 is 26.6. The summed E-state index contributed by atoms with van der Waals surface area (Å²) in [6, 6.07) is 13.4. The summed E-state index contributed by atoms with van der Waals surface area (Å²) in [7, 11) is -2.13. The second kappa shape index (κ2) is 7.70. The number of nitrogens with one attached hydrogen (secondary N) is 1. The predicted molar refractivity (Wildman–Crippen MR) is 100 cm³/mol. The number of benzene rings is 2. The van der Waals surface area contributed by atoms with Gasteiger partial charge >= 0.3 is 0 Å². The number of anilines is 1. The second-order valence-corrected chi connectivity index (χ2v) is 8.08. The second-order valence-electron chi connectivity index (χ2n) is 6.12. The molecule has 6 heteroatoms. The molecule has 0 aliphatic heterocycles. The fraction of sp³-hybridized carbons (Fsp3) is 0.316. The molecule has 25 heavy (non-hydrogen) atoms. The van der Waals surface area contributed by atoms with Gasteiger partial charge in [-0.05, 0) is 56.7 Å². The van der Waals surface area contributed by atoms with E-state index in [0.717, 1.165) is 12.0 Å². The smallest absolute Gasteiger partial charge is 0.264 e. The van der Waals surface area contributed by atoms with Gasteiger partial charge in [0.25, 0.3) is 15.9 Å². The quantitative estimate of drug-likeness (QED) is 0.859. The lowest BCUT2D eigenvalue weighted by molar-refractivity contribution is 0.0939. The Kier molecular flexibility index (Phi) is 5.85. The molecule has 2 rings (SSSR count). The first-order valence-electron chi connectivity index (χ1n) is 8.22. The number of sulfonamides is 1. The van der Waals surface area contributed by atoms with Crippen molar-refractivity contribution in [2.45, 2.75) is 38.1 Å². The van der Waals surface area contributed by atoms with E-state index in [4.69, 9.17) is 0 Å². The molecular weight excluding hydrogens is 336 g/mol. The zero-order valence-electron chi connectivity index (χ0n) is 15.0. The monoisotopic (exact) mass is 360 g/mol. The predicted octanol–water partition coefficient (Wildman–Crippen LogP) is 3.35. The highest BCUT2D eigenvalue weighted by Crippen LogP contribution is 2.22. The van der Waals surface area contributed by atoms with Crippen LogP contribution < -0.4 is 9.62 Å². The van der Waals surface area contributed by atoms with Crippen molar-refractivity contribution in [3.63, 3.8) is 0 Å². The molecule has 1 amide bonds.